The zero-order valence-electron chi connectivity index (χ0n) is 10.3. The second-order valence-corrected chi connectivity index (χ2v) is 5.00. The maximum absolute atomic E-state index is 2.43. The summed E-state index contributed by atoms with van der Waals surface area (Å²) >= 11 is 0. The quantitative estimate of drug-likeness (QED) is 0.623. The first-order valence-corrected chi connectivity index (χ1v) is 6.52. The van der Waals surface area contributed by atoms with Crippen LogP contribution in [-0.4, -0.2) is 0 Å². The van der Waals surface area contributed by atoms with Crippen LogP contribution in [0.4, 0.5) is 0 Å². The Morgan fingerprint density at radius 3 is 2.59 bits per heavy atom. The number of hydrogen-bond donors (Lipinski definition) is 0. The Hall–Kier alpha value is -1.56. The Morgan fingerprint density at radius 1 is 1.00 bits per heavy atom. The average Bonchev–Trinajstić information content (AvgIpc) is 2.91. The average molecular weight is 222 g/mol. The van der Waals surface area contributed by atoms with Gasteiger partial charge in [-0.3, -0.25) is 0 Å². The molecule has 0 radical (unpaired) electrons. The van der Waals surface area contributed by atoms with Crippen LogP contribution in [0, 0.1) is 0 Å². The SMILES string of the molecule is CC(C1=CCCC1)c1ccc2ccccc2c1. The topological polar surface area (TPSA) is 0 Å². The lowest BCUT2D eigenvalue weighted by Gasteiger charge is -2.14. The molecule has 2 aromatic rings. The summed E-state index contributed by atoms with van der Waals surface area (Å²) < 4.78 is 0. The zero-order valence-corrected chi connectivity index (χ0v) is 10.3. The molecule has 0 heteroatoms. The number of hydrogen-bond acceptors (Lipinski definition) is 0. The third-order valence-electron chi connectivity index (χ3n) is 3.91. The van der Waals surface area contributed by atoms with E-state index in [1.165, 1.54) is 35.6 Å². The molecule has 0 saturated carbocycles. The van der Waals surface area contributed by atoms with Crippen molar-refractivity contribution in [2.75, 3.05) is 0 Å². The van der Waals surface area contributed by atoms with Crippen molar-refractivity contribution in [1.82, 2.24) is 0 Å². The number of benzene rings is 2. The molecule has 3 rings (SSSR count). The molecular weight excluding hydrogens is 204 g/mol. The largest absolute Gasteiger partial charge is 0.0847 e. The summed E-state index contributed by atoms with van der Waals surface area (Å²) in [6, 6.07) is 15.5. The molecule has 86 valence electrons. The lowest BCUT2D eigenvalue weighted by atomic mass is 9.91. The highest BCUT2D eigenvalue weighted by molar-refractivity contribution is 5.83. The first kappa shape index (κ1) is 10.6. The Kier molecular flexibility index (Phi) is 2.72. The fourth-order valence-corrected chi connectivity index (χ4v) is 2.78. The lowest BCUT2D eigenvalue weighted by Crippen LogP contribution is -1.95. The van der Waals surface area contributed by atoms with Crippen molar-refractivity contribution in [3.8, 4) is 0 Å². The van der Waals surface area contributed by atoms with Crippen LogP contribution in [0.5, 0.6) is 0 Å². The Labute approximate surface area is 103 Å². The van der Waals surface area contributed by atoms with Gasteiger partial charge in [0.2, 0.25) is 0 Å². The maximum atomic E-state index is 2.43. The molecule has 1 atom stereocenters. The monoisotopic (exact) mass is 222 g/mol. The van der Waals surface area contributed by atoms with Crippen LogP contribution in [0.3, 0.4) is 0 Å². The summed E-state index contributed by atoms with van der Waals surface area (Å²) in [5.74, 6) is 0.585. The fourth-order valence-electron chi connectivity index (χ4n) is 2.78. The van der Waals surface area contributed by atoms with Crippen molar-refractivity contribution < 1.29 is 0 Å². The van der Waals surface area contributed by atoms with Crippen molar-refractivity contribution in [2.45, 2.75) is 32.1 Å². The lowest BCUT2D eigenvalue weighted by molar-refractivity contribution is 0.813. The van der Waals surface area contributed by atoms with E-state index in [9.17, 15) is 0 Å². The summed E-state index contributed by atoms with van der Waals surface area (Å²) in [5, 5.41) is 2.69. The number of fused-ring (bicyclic) bond motifs is 1. The second-order valence-electron chi connectivity index (χ2n) is 5.00. The molecule has 0 amide bonds. The van der Waals surface area contributed by atoms with Gasteiger partial charge in [-0.15, -0.1) is 0 Å². The van der Waals surface area contributed by atoms with E-state index in [1.807, 2.05) is 0 Å². The molecule has 17 heavy (non-hydrogen) atoms. The molecule has 0 aliphatic heterocycles. The summed E-state index contributed by atoms with van der Waals surface area (Å²) in [4.78, 5) is 0. The molecule has 0 nitrogen and oxygen atoms in total. The molecule has 1 unspecified atom stereocenters. The highest BCUT2D eigenvalue weighted by Gasteiger charge is 2.14. The van der Waals surface area contributed by atoms with Gasteiger partial charge in [-0.2, -0.15) is 0 Å². The molecule has 1 aliphatic carbocycles. The van der Waals surface area contributed by atoms with Gasteiger partial charge >= 0.3 is 0 Å². The van der Waals surface area contributed by atoms with Crippen LogP contribution >= 0.6 is 0 Å². The summed E-state index contributed by atoms with van der Waals surface area (Å²) in [7, 11) is 0. The van der Waals surface area contributed by atoms with Crippen molar-refractivity contribution in [1.29, 1.82) is 0 Å². The van der Waals surface area contributed by atoms with Crippen molar-refractivity contribution >= 4 is 10.8 Å². The van der Waals surface area contributed by atoms with E-state index in [-0.39, 0.29) is 0 Å². The van der Waals surface area contributed by atoms with Crippen LogP contribution < -0.4 is 0 Å². The van der Waals surface area contributed by atoms with Crippen LogP contribution in [0.1, 0.15) is 37.7 Å². The van der Waals surface area contributed by atoms with Gasteiger partial charge in [0.15, 0.2) is 0 Å². The zero-order chi connectivity index (χ0) is 11.7. The Balaban J connectivity index is 2.00. The van der Waals surface area contributed by atoms with Crippen LogP contribution in [-0.2, 0) is 0 Å². The van der Waals surface area contributed by atoms with Gasteiger partial charge in [-0.25, -0.2) is 0 Å². The van der Waals surface area contributed by atoms with E-state index < -0.39 is 0 Å². The van der Waals surface area contributed by atoms with E-state index in [0.29, 0.717) is 5.92 Å². The minimum Gasteiger partial charge on any atom is -0.0847 e. The maximum Gasteiger partial charge on any atom is 0.00200 e. The highest BCUT2D eigenvalue weighted by Crippen LogP contribution is 2.33. The van der Waals surface area contributed by atoms with E-state index in [0.717, 1.165) is 0 Å². The van der Waals surface area contributed by atoms with Gasteiger partial charge in [0.25, 0.3) is 0 Å². The molecule has 0 fully saturated rings. The minimum absolute atomic E-state index is 0.585. The van der Waals surface area contributed by atoms with Gasteiger partial charge in [0.1, 0.15) is 0 Å². The fraction of sp³-hybridized carbons (Fsp3) is 0.294. The first-order valence-electron chi connectivity index (χ1n) is 6.52. The molecule has 0 aromatic heterocycles. The minimum atomic E-state index is 0.585. The first-order chi connectivity index (χ1) is 8.34. The van der Waals surface area contributed by atoms with Crippen LogP contribution in [0.15, 0.2) is 54.1 Å². The van der Waals surface area contributed by atoms with Gasteiger partial charge in [-0.05, 0) is 35.6 Å². The van der Waals surface area contributed by atoms with E-state index >= 15 is 0 Å². The third kappa shape index (κ3) is 2.00. The summed E-state index contributed by atoms with van der Waals surface area (Å²) in [6.45, 7) is 2.33. The van der Waals surface area contributed by atoms with Crippen molar-refractivity contribution in [2.24, 2.45) is 0 Å². The molecule has 0 spiro atoms. The van der Waals surface area contributed by atoms with E-state index in [4.69, 9.17) is 0 Å². The van der Waals surface area contributed by atoms with Crippen molar-refractivity contribution in [3.63, 3.8) is 0 Å². The Morgan fingerprint density at radius 2 is 1.82 bits per heavy atom. The van der Waals surface area contributed by atoms with Crippen LogP contribution in [0.25, 0.3) is 10.8 Å². The van der Waals surface area contributed by atoms with Crippen LogP contribution in [0.2, 0.25) is 0 Å². The molecule has 0 N–H and O–H groups in total. The predicted octanol–water partition coefficient (Wildman–Crippen LogP) is 5.05. The molecule has 2 aromatic carbocycles. The molecule has 0 saturated heterocycles. The third-order valence-corrected chi connectivity index (χ3v) is 3.91. The van der Waals surface area contributed by atoms with E-state index in [2.05, 4.69) is 55.5 Å². The highest BCUT2D eigenvalue weighted by atomic mass is 14.2. The standard InChI is InChI=1S/C17H18/c1-13(14-6-2-3-7-14)16-11-10-15-8-4-5-9-17(15)12-16/h4-6,8-13H,2-3,7H2,1H3. The predicted molar refractivity (Wildman–Crippen MR) is 74.3 cm³/mol. The summed E-state index contributed by atoms with van der Waals surface area (Å²) in [5.41, 5.74) is 3.08. The van der Waals surface area contributed by atoms with Gasteiger partial charge in [0.05, 0.1) is 0 Å². The summed E-state index contributed by atoms with van der Waals surface area (Å²) in [6.07, 6.45) is 6.33. The second kappa shape index (κ2) is 4.37. The number of allylic oxidation sites excluding steroid dienone is 2. The smallest absolute Gasteiger partial charge is 0.00200 e. The molecular formula is C17H18. The normalized spacial score (nSPS) is 17.1. The van der Waals surface area contributed by atoms with Gasteiger partial charge < -0.3 is 0 Å². The number of rotatable bonds is 2. The molecule has 1 aliphatic rings. The molecule has 0 heterocycles. The van der Waals surface area contributed by atoms with Crippen molar-refractivity contribution in [3.05, 3.63) is 59.7 Å². The van der Waals surface area contributed by atoms with Gasteiger partial charge in [0, 0.05) is 5.92 Å². The Bertz CT molecular complexity index is 563. The van der Waals surface area contributed by atoms with E-state index in [1.54, 1.807) is 5.57 Å². The molecule has 0 bridgehead atoms. The van der Waals surface area contributed by atoms with Gasteiger partial charge in [-0.1, -0.05) is 61.0 Å².